The molecule has 0 fully saturated rings. The van der Waals surface area contributed by atoms with Crippen LogP contribution in [0.5, 0.6) is 11.5 Å². The molecule has 1 N–H and O–H groups in total. The first-order valence-corrected chi connectivity index (χ1v) is 8.90. The molecule has 0 aliphatic heterocycles. The Bertz CT molecular complexity index is 410. The van der Waals surface area contributed by atoms with E-state index in [1.807, 2.05) is 19.1 Å². The van der Waals surface area contributed by atoms with Crippen LogP contribution in [0, 0.1) is 0 Å². The fraction of sp³-hybridized carbons (Fsp3) is 0.684. The van der Waals surface area contributed by atoms with Crippen molar-refractivity contribution in [3.8, 4) is 11.5 Å². The molecule has 0 aromatic heterocycles. The number of nitrogens with one attached hydrogen (secondary N) is 1. The molecule has 1 aromatic carbocycles. The summed E-state index contributed by atoms with van der Waals surface area (Å²) in [5, 5.41) is 3.51. The Hall–Kier alpha value is -1.26. The van der Waals surface area contributed by atoms with Gasteiger partial charge in [-0.05, 0) is 26.0 Å². The monoisotopic (exact) mass is 323 g/mol. The highest BCUT2D eigenvalue weighted by Gasteiger charge is 2.10. The predicted molar refractivity (Wildman–Crippen MR) is 95.4 cm³/mol. The molecule has 0 saturated carbocycles. The molecule has 0 bridgehead atoms. The third-order valence-corrected chi connectivity index (χ3v) is 3.73. The maximum Gasteiger partial charge on any atom is 0.165 e. The Morgan fingerprint density at radius 1 is 1.00 bits per heavy atom. The molecule has 1 aromatic rings. The van der Waals surface area contributed by atoms with Crippen LogP contribution in [0.25, 0.3) is 0 Å². The van der Waals surface area contributed by atoms with Crippen molar-refractivity contribution >= 4 is 0 Å². The molecule has 0 aliphatic rings. The molecule has 0 unspecified atom stereocenters. The van der Waals surface area contributed by atoms with Gasteiger partial charge in [0.25, 0.3) is 0 Å². The van der Waals surface area contributed by atoms with Gasteiger partial charge in [-0.1, -0.05) is 44.7 Å². The minimum atomic E-state index is 0.540. The smallest absolute Gasteiger partial charge is 0.165 e. The fourth-order valence-corrected chi connectivity index (χ4v) is 2.45. The van der Waals surface area contributed by atoms with Gasteiger partial charge in [-0.15, -0.1) is 0 Å². The summed E-state index contributed by atoms with van der Waals surface area (Å²) in [5.41, 5.74) is 1.13. The van der Waals surface area contributed by atoms with Crippen LogP contribution in [0.1, 0.15) is 51.5 Å². The Morgan fingerprint density at radius 2 is 1.83 bits per heavy atom. The van der Waals surface area contributed by atoms with Crippen molar-refractivity contribution in [2.75, 3.05) is 33.5 Å². The molecule has 23 heavy (non-hydrogen) atoms. The second-order valence-electron chi connectivity index (χ2n) is 5.58. The maximum absolute atomic E-state index is 5.88. The number of unbranched alkanes of at least 4 members (excludes halogenated alkanes) is 4. The summed E-state index contributed by atoms with van der Waals surface area (Å²) < 4.78 is 16.6. The van der Waals surface area contributed by atoms with E-state index < -0.39 is 0 Å². The Balaban J connectivity index is 2.43. The first-order valence-electron chi connectivity index (χ1n) is 8.90. The molecule has 0 radical (unpaired) electrons. The highest BCUT2D eigenvalue weighted by atomic mass is 16.5. The lowest BCUT2D eigenvalue weighted by Gasteiger charge is -2.15. The van der Waals surface area contributed by atoms with Crippen molar-refractivity contribution < 1.29 is 14.2 Å². The van der Waals surface area contributed by atoms with Crippen molar-refractivity contribution in [3.05, 3.63) is 23.8 Å². The Morgan fingerprint density at radius 3 is 2.57 bits per heavy atom. The van der Waals surface area contributed by atoms with E-state index in [1.165, 1.54) is 32.1 Å². The molecule has 4 nitrogen and oxygen atoms in total. The van der Waals surface area contributed by atoms with Crippen molar-refractivity contribution in [1.82, 2.24) is 5.32 Å². The van der Waals surface area contributed by atoms with Gasteiger partial charge in [0.05, 0.1) is 13.7 Å². The summed E-state index contributed by atoms with van der Waals surface area (Å²) in [4.78, 5) is 0. The quantitative estimate of drug-likeness (QED) is 0.522. The molecule has 0 spiro atoms. The summed E-state index contributed by atoms with van der Waals surface area (Å²) in [5.74, 6) is 1.61. The molecule has 0 saturated heterocycles. The maximum atomic E-state index is 5.88. The highest BCUT2D eigenvalue weighted by molar-refractivity contribution is 5.46. The van der Waals surface area contributed by atoms with E-state index in [2.05, 4.69) is 18.3 Å². The van der Waals surface area contributed by atoms with Crippen LogP contribution in [-0.2, 0) is 11.3 Å². The van der Waals surface area contributed by atoms with Gasteiger partial charge in [-0.25, -0.2) is 0 Å². The number of para-hydroxylation sites is 1. The van der Waals surface area contributed by atoms with Crippen LogP contribution >= 0.6 is 0 Å². The average Bonchev–Trinajstić information content (AvgIpc) is 2.58. The topological polar surface area (TPSA) is 39.7 Å². The molecular weight excluding hydrogens is 290 g/mol. The van der Waals surface area contributed by atoms with Crippen LogP contribution in [0.2, 0.25) is 0 Å². The van der Waals surface area contributed by atoms with E-state index in [1.54, 1.807) is 7.11 Å². The average molecular weight is 323 g/mol. The van der Waals surface area contributed by atoms with Crippen molar-refractivity contribution in [2.45, 2.75) is 52.5 Å². The van der Waals surface area contributed by atoms with Crippen molar-refractivity contribution in [2.24, 2.45) is 0 Å². The number of methoxy groups -OCH3 is 1. The fourth-order valence-electron chi connectivity index (χ4n) is 2.45. The molecule has 1 rings (SSSR count). The summed E-state index contributed by atoms with van der Waals surface area (Å²) in [6, 6.07) is 6.03. The molecular formula is C19H33NO3. The molecule has 0 aliphatic carbocycles. The zero-order valence-corrected chi connectivity index (χ0v) is 15.0. The third-order valence-electron chi connectivity index (χ3n) is 3.73. The van der Waals surface area contributed by atoms with Gasteiger partial charge in [-0.3, -0.25) is 0 Å². The van der Waals surface area contributed by atoms with Crippen LogP contribution in [-0.4, -0.2) is 33.5 Å². The van der Waals surface area contributed by atoms with Gasteiger partial charge >= 0.3 is 0 Å². The lowest BCUT2D eigenvalue weighted by Crippen LogP contribution is -2.16. The van der Waals surface area contributed by atoms with Crippen LogP contribution < -0.4 is 14.8 Å². The zero-order valence-electron chi connectivity index (χ0n) is 15.0. The SMILES string of the molecule is CCCCCCCNCc1cccc(OC)c1OCCOCC. The predicted octanol–water partition coefficient (Wildman–Crippen LogP) is 4.17. The molecule has 0 amide bonds. The first kappa shape index (κ1) is 19.8. The van der Waals surface area contributed by atoms with Gasteiger partial charge < -0.3 is 19.5 Å². The van der Waals surface area contributed by atoms with E-state index in [9.17, 15) is 0 Å². The second kappa shape index (κ2) is 13.2. The number of rotatable bonds is 14. The second-order valence-corrected chi connectivity index (χ2v) is 5.58. The van der Waals surface area contributed by atoms with Gasteiger partial charge in [0.1, 0.15) is 6.61 Å². The van der Waals surface area contributed by atoms with Crippen LogP contribution in [0.15, 0.2) is 18.2 Å². The number of ether oxygens (including phenoxy) is 3. The van der Waals surface area contributed by atoms with Crippen LogP contribution in [0.3, 0.4) is 0 Å². The lowest BCUT2D eigenvalue weighted by molar-refractivity contribution is 0.108. The minimum absolute atomic E-state index is 0.540. The standard InChI is InChI=1S/C19H33NO3/c1-4-6-7-8-9-13-20-16-17-11-10-12-18(21-3)19(17)23-15-14-22-5-2/h10-12,20H,4-9,13-16H2,1-3H3. The molecule has 0 atom stereocenters. The Kier molecular flexibility index (Phi) is 11.4. The zero-order chi connectivity index (χ0) is 16.8. The molecule has 132 valence electrons. The van der Waals surface area contributed by atoms with E-state index in [4.69, 9.17) is 14.2 Å². The first-order chi connectivity index (χ1) is 11.3. The largest absolute Gasteiger partial charge is 0.493 e. The van der Waals surface area contributed by atoms with Gasteiger partial charge in [0.15, 0.2) is 11.5 Å². The highest BCUT2D eigenvalue weighted by Crippen LogP contribution is 2.31. The summed E-state index contributed by atoms with van der Waals surface area (Å²) in [6.07, 6.45) is 6.50. The number of benzene rings is 1. The van der Waals surface area contributed by atoms with E-state index >= 15 is 0 Å². The molecule has 4 heteroatoms. The van der Waals surface area contributed by atoms with Crippen molar-refractivity contribution in [1.29, 1.82) is 0 Å². The van der Waals surface area contributed by atoms with E-state index in [-0.39, 0.29) is 0 Å². The van der Waals surface area contributed by atoms with E-state index in [0.29, 0.717) is 19.8 Å². The summed E-state index contributed by atoms with van der Waals surface area (Å²) in [6.45, 7) is 7.92. The summed E-state index contributed by atoms with van der Waals surface area (Å²) >= 11 is 0. The Labute approximate surface area is 141 Å². The van der Waals surface area contributed by atoms with E-state index in [0.717, 1.165) is 30.2 Å². The molecule has 0 heterocycles. The number of hydrogen-bond acceptors (Lipinski definition) is 4. The van der Waals surface area contributed by atoms with Crippen molar-refractivity contribution in [3.63, 3.8) is 0 Å². The van der Waals surface area contributed by atoms with Gasteiger partial charge in [0.2, 0.25) is 0 Å². The minimum Gasteiger partial charge on any atom is -0.493 e. The van der Waals surface area contributed by atoms with Gasteiger partial charge in [-0.2, -0.15) is 0 Å². The summed E-state index contributed by atoms with van der Waals surface area (Å²) in [7, 11) is 1.68. The lowest BCUT2D eigenvalue weighted by atomic mass is 10.1. The van der Waals surface area contributed by atoms with Crippen LogP contribution in [0.4, 0.5) is 0 Å². The normalized spacial score (nSPS) is 10.7. The third kappa shape index (κ3) is 8.24. The number of hydrogen-bond donors (Lipinski definition) is 1. The van der Waals surface area contributed by atoms with Gasteiger partial charge in [0, 0.05) is 18.7 Å².